The lowest BCUT2D eigenvalue weighted by Crippen LogP contribution is -2.23. The van der Waals surface area contributed by atoms with Gasteiger partial charge in [-0.25, -0.2) is 0 Å². The van der Waals surface area contributed by atoms with Gasteiger partial charge in [-0.3, -0.25) is 9.59 Å². The highest BCUT2D eigenvalue weighted by Gasteiger charge is 1.99. The van der Waals surface area contributed by atoms with Gasteiger partial charge in [-0.15, -0.1) is 0 Å². The van der Waals surface area contributed by atoms with E-state index in [-0.39, 0.29) is 18.9 Å². The number of rotatable bonds is 6. The van der Waals surface area contributed by atoms with Gasteiger partial charge in [0.15, 0.2) is 0 Å². The molecular weight excluding hydrogens is 244 g/mol. The molecule has 19 heavy (non-hydrogen) atoms. The van der Waals surface area contributed by atoms with E-state index in [0.717, 1.165) is 11.3 Å². The van der Waals surface area contributed by atoms with E-state index >= 15 is 0 Å². The Balaban J connectivity index is 2.47. The van der Waals surface area contributed by atoms with Gasteiger partial charge in [0.05, 0.1) is 6.42 Å². The fraction of sp³-hybridized carbons (Fsp3) is 0.286. The molecule has 0 unspecified atom stereocenters. The summed E-state index contributed by atoms with van der Waals surface area (Å²) in [5.41, 5.74) is 2.00. The van der Waals surface area contributed by atoms with E-state index in [1.54, 1.807) is 6.08 Å². The summed E-state index contributed by atoms with van der Waals surface area (Å²) in [4.78, 5) is 23.6. The normalized spacial score (nSPS) is 10.4. The van der Waals surface area contributed by atoms with Crippen molar-refractivity contribution < 1.29 is 14.7 Å². The number of anilines is 1. The zero-order valence-corrected chi connectivity index (χ0v) is 11.1. The fourth-order valence-corrected chi connectivity index (χ4v) is 1.41. The van der Waals surface area contributed by atoms with Gasteiger partial charge in [-0.1, -0.05) is 12.1 Å². The average molecular weight is 262 g/mol. The summed E-state index contributed by atoms with van der Waals surface area (Å²) in [5, 5.41) is 10.9. The van der Waals surface area contributed by atoms with E-state index in [4.69, 9.17) is 5.11 Å². The van der Waals surface area contributed by atoms with E-state index in [1.807, 2.05) is 43.3 Å². The molecular formula is C14H18N2O3. The molecule has 0 saturated heterocycles. The monoisotopic (exact) mass is 262 g/mol. The molecule has 0 heterocycles. The van der Waals surface area contributed by atoms with Crippen LogP contribution in [0.1, 0.15) is 12.0 Å². The van der Waals surface area contributed by atoms with E-state index < -0.39 is 5.97 Å². The molecule has 0 aliphatic carbocycles. The smallest absolute Gasteiger partial charge is 0.305 e. The van der Waals surface area contributed by atoms with E-state index in [2.05, 4.69) is 5.32 Å². The summed E-state index contributed by atoms with van der Waals surface area (Å²) in [6.45, 7) is 0.137. The molecule has 1 aromatic rings. The van der Waals surface area contributed by atoms with Gasteiger partial charge in [0.2, 0.25) is 5.91 Å². The number of carbonyl (C=O) groups is 2. The minimum absolute atomic E-state index is 0.0723. The summed E-state index contributed by atoms with van der Waals surface area (Å²) >= 11 is 0. The zero-order chi connectivity index (χ0) is 14.3. The Labute approximate surface area is 112 Å². The number of carboxylic acids is 1. The van der Waals surface area contributed by atoms with Gasteiger partial charge in [0, 0.05) is 32.4 Å². The van der Waals surface area contributed by atoms with Crippen LogP contribution < -0.4 is 10.2 Å². The van der Waals surface area contributed by atoms with Crippen molar-refractivity contribution in [3.05, 3.63) is 35.9 Å². The maximum Gasteiger partial charge on any atom is 0.305 e. The van der Waals surface area contributed by atoms with Crippen molar-refractivity contribution in [2.75, 3.05) is 25.5 Å². The Bertz CT molecular complexity index is 464. The van der Waals surface area contributed by atoms with Crippen LogP contribution in [0.15, 0.2) is 30.3 Å². The number of nitrogens with zero attached hydrogens (tertiary/aromatic N) is 1. The lowest BCUT2D eigenvalue weighted by Gasteiger charge is -2.11. The number of amides is 1. The molecule has 1 aromatic carbocycles. The first-order valence-electron chi connectivity index (χ1n) is 5.94. The third-order valence-electron chi connectivity index (χ3n) is 2.47. The van der Waals surface area contributed by atoms with Crippen molar-refractivity contribution in [1.29, 1.82) is 0 Å². The Hall–Kier alpha value is -2.30. The first-order chi connectivity index (χ1) is 8.99. The molecule has 0 aliphatic heterocycles. The molecule has 5 heteroatoms. The molecule has 5 nitrogen and oxygen atoms in total. The number of carboxylic acid groups (broad SMARTS) is 1. The lowest BCUT2D eigenvalue weighted by molar-refractivity contribution is -0.136. The van der Waals surface area contributed by atoms with Crippen LogP contribution >= 0.6 is 0 Å². The highest BCUT2D eigenvalue weighted by Crippen LogP contribution is 2.12. The van der Waals surface area contributed by atoms with Gasteiger partial charge >= 0.3 is 5.97 Å². The number of hydrogen-bond donors (Lipinski definition) is 2. The SMILES string of the molecule is CN(C)c1ccc(/C=C/C(=O)NCCC(=O)O)cc1. The van der Waals surface area contributed by atoms with Crippen molar-refractivity contribution in [2.45, 2.75) is 6.42 Å². The second kappa shape index (κ2) is 7.20. The summed E-state index contributed by atoms with van der Waals surface area (Å²) < 4.78 is 0. The van der Waals surface area contributed by atoms with Gasteiger partial charge in [0.1, 0.15) is 0 Å². The van der Waals surface area contributed by atoms with Gasteiger partial charge < -0.3 is 15.3 Å². The molecule has 0 aromatic heterocycles. The predicted molar refractivity (Wildman–Crippen MR) is 75.1 cm³/mol. The van der Waals surface area contributed by atoms with Gasteiger partial charge in [-0.05, 0) is 23.8 Å². The molecule has 0 bridgehead atoms. The minimum atomic E-state index is -0.927. The third kappa shape index (κ3) is 5.72. The van der Waals surface area contributed by atoms with E-state index in [1.165, 1.54) is 6.08 Å². The zero-order valence-electron chi connectivity index (χ0n) is 11.1. The van der Waals surface area contributed by atoms with Crippen molar-refractivity contribution >= 4 is 23.6 Å². The highest BCUT2D eigenvalue weighted by atomic mass is 16.4. The number of carbonyl (C=O) groups excluding carboxylic acids is 1. The van der Waals surface area contributed by atoms with Crippen LogP contribution in [0.5, 0.6) is 0 Å². The van der Waals surface area contributed by atoms with Crippen LogP contribution in [0.3, 0.4) is 0 Å². The Kier molecular flexibility index (Phi) is 5.60. The van der Waals surface area contributed by atoms with Gasteiger partial charge in [-0.2, -0.15) is 0 Å². The first kappa shape index (κ1) is 14.8. The summed E-state index contributed by atoms with van der Waals surface area (Å²) in [6.07, 6.45) is 3.01. The minimum Gasteiger partial charge on any atom is -0.481 e. The summed E-state index contributed by atoms with van der Waals surface area (Å²) in [6, 6.07) is 7.75. The molecule has 0 spiro atoms. The molecule has 2 N–H and O–H groups in total. The molecule has 102 valence electrons. The summed E-state index contributed by atoms with van der Waals surface area (Å²) in [7, 11) is 3.92. The quantitative estimate of drug-likeness (QED) is 0.759. The van der Waals surface area contributed by atoms with Crippen molar-refractivity contribution in [3.63, 3.8) is 0 Å². The largest absolute Gasteiger partial charge is 0.481 e. The predicted octanol–water partition coefficient (Wildman–Crippen LogP) is 1.36. The highest BCUT2D eigenvalue weighted by molar-refractivity contribution is 5.91. The average Bonchev–Trinajstić information content (AvgIpc) is 2.36. The van der Waals surface area contributed by atoms with Crippen molar-refractivity contribution in [3.8, 4) is 0 Å². The maximum absolute atomic E-state index is 11.4. The lowest BCUT2D eigenvalue weighted by atomic mass is 10.2. The van der Waals surface area contributed by atoms with Crippen LogP contribution in [0, 0.1) is 0 Å². The number of benzene rings is 1. The molecule has 0 saturated carbocycles. The Morgan fingerprint density at radius 2 is 1.89 bits per heavy atom. The number of nitrogens with one attached hydrogen (secondary N) is 1. The number of hydrogen-bond acceptors (Lipinski definition) is 3. The molecule has 1 rings (SSSR count). The molecule has 0 aliphatic rings. The summed E-state index contributed by atoms with van der Waals surface area (Å²) in [5.74, 6) is -1.22. The van der Waals surface area contributed by atoms with E-state index in [0.29, 0.717) is 0 Å². The third-order valence-corrected chi connectivity index (χ3v) is 2.47. The van der Waals surface area contributed by atoms with Crippen LogP contribution in [0.4, 0.5) is 5.69 Å². The second-order valence-corrected chi connectivity index (χ2v) is 4.25. The maximum atomic E-state index is 11.4. The fourth-order valence-electron chi connectivity index (χ4n) is 1.41. The number of aliphatic carboxylic acids is 1. The van der Waals surface area contributed by atoms with Crippen LogP contribution in [-0.2, 0) is 9.59 Å². The van der Waals surface area contributed by atoms with Crippen LogP contribution in [0.25, 0.3) is 6.08 Å². The molecule has 0 fully saturated rings. The van der Waals surface area contributed by atoms with Crippen molar-refractivity contribution in [1.82, 2.24) is 5.32 Å². The molecule has 0 radical (unpaired) electrons. The van der Waals surface area contributed by atoms with Crippen LogP contribution in [-0.4, -0.2) is 37.6 Å². The Morgan fingerprint density at radius 3 is 2.42 bits per heavy atom. The standard InChI is InChI=1S/C14H18N2O3/c1-16(2)12-6-3-11(4-7-12)5-8-13(17)15-10-9-14(18)19/h3-8H,9-10H2,1-2H3,(H,15,17)(H,18,19)/b8-5+. The molecule has 1 amide bonds. The first-order valence-corrected chi connectivity index (χ1v) is 5.94. The molecule has 0 atom stereocenters. The van der Waals surface area contributed by atoms with Crippen LogP contribution in [0.2, 0.25) is 0 Å². The van der Waals surface area contributed by atoms with E-state index in [9.17, 15) is 9.59 Å². The van der Waals surface area contributed by atoms with Crippen molar-refractivity contribution in [2.24, 2.45) is 0 Å². The topological polar surface area (TPSA) is 69.6 Å². The van der Waals surface area contributed by atoms with Gasteiger partial charge in [0.25, 0.3) is 0 Å². The Morgan fingerprint density at radius 1 is 1.26 bits per heavy atom. The second-order valence-electron chi connectivity index (χ2n) is 4.25.